The van der Waals surface area contributed by atoms with Crippen molar-refractivity contribution in [2.75, 3.05) is 21.3 Å². The largest absolute Gasteiger partial charge is 0.493 e. The molecule has 4 aromatic rings. The molecule has 190 valence electrons. The number of carbonyl (C=O) groups excluding carboxylic acids is 1. The van der Waals surface area contributed by atoms with Crippen LogP contribution in [0.25, 0.3) is 17.0 Å². The standard InChI is InChI=1S/C28H27N3O5S/c1-6-20(32)24-15(2)30-28-31(25(24)16-11-21(34-3)26(36-5)22(12-16)35-4)27(33)23(37-28)13-17-14-29-19-10-8-7-9-18(17)19/h7-14,25,29H,6H2,1-5H3/b23-13+. The van der Waals surface area contributed by atoms with Gasteiger partial charge in [-0.15, -0.1) is 0 Å². The number of hydrogen-bond acceptors (Lipinski definition) is 7. The second-order valence-electron chi connectivity index (χ2n) is 8.61. The van der Waals surface area contributed by atoms with Crippen LogP contribution in [0.5, 0.6) is 17.2 Å². The number of fused-ring (bicyclic) bond motifs is 2. The minimum absolute atomic E-state index is 0.0779. The van der Waals surface area contributed by atoms with Crippen molar-refractivity contribution in [2.24, 2.45) is 4.99 Å². The van der Waals surface area contributed by atoms with Gasteiger partial charge in [0.2, 0.25) is 5.75 Å². The van der Waals surface area contributed by atoms with Crippen molar-refractivity contribution >= 4 is 34.1 Å². The molecule has 0 bridgehead atoms. The summed E-state index contributed by atoms with van der Waals surface area (Å²) in [6, 6.07) is 10.8. The number of thiazole rings is 1. The van der Waals surface area contributed by atoms with Gasteiger partial charge in [0.25, 0.3) is 5.56 Å². The highest BCUT2D eigenvalue weighted by atomic mass is 32.1. The van der Waals surface area contributed by atoms with Gasteiger partial charge < -0.3 is 19.2 Å². The lowest BCUT2D eigenvalue weighted by molar-refractivity contribution is -0.115. The number of para-hydroxylation sites is 1. The molecular formula is C28H27N3O5S. The number of benzene rings is 2. The molecule has 8 nitrogen and oxygen atoms in total. The number of nitrogens with zero attached hydrogens (tertiary/aromatic N) is 2. The average molecular weight is 518 g/mol. The van der Waals surface area contributed by atoms with Gasteiger partial charge in [0.05, 0.1) is 31.9 Å². The van der Waals surface area contributed by atoms with Crippen molar-refractivity contribution in [2.45, 2.75) is 26.3 Å². The molecule has 0 amide bonds. The third-order valence-electron chi connectivity index (χ3n) is 6.55. The van der Waals surface area contributed by atoms with Gasteiger partial charge in [0.15, 0.2) is 22.1 Å². The van der Waals surface area contributed by atoms with Crippen LogP contribution in [0.15, 0.2) is 63.7 Å². The first-order valence-corrected chi connectivity index (χ1v) is 12.6. The number of aromatic amines is 1. The normalized spacial score (nSPS) is 15.5. The van der Waals surface area contributed by atoms with Gasteiger partial charge in [-0.05, 0) is 36.8 Å². The fraction of sp³-hybridized carbons (Fsp3) is 0.250. The van der Waals surface area contributed by atoms with E-state index in [2.05, 4.69) is 9.98 Å². The Hall–Kier alpha value is -4.11. The number of ether oxygens (including phenoxy) is 3. The molecule has 1 atom stereocenters. The number of methoxy groups -OCH3 is 3. The van der Waals surface area contributed by atoms with Crippen molar-refractivity contribution in [3.05, 3.63) is 84.7 Å². The van der Waals surface area contributed by atoms with E-state index in [9.17, 15) is 9.59 Å². The predicted octanol–water partition coefficient (Wildman–Crippen LogP) is 3.72. The summed E-state index contributed by atoms with van der Waals surface area (Å²) in [6.07, 6.45) is 4.04. The second kappa shape index (κ2) is 9.74. The summed E-state index contributed by atoms with van der Waals surface area (Å²) in [5.74, 6) is 1.24. The van der Waals surface area contributed by atoms with E-state index in [4.69, 9.17) is 14.2 Å². The molecular weight excluding hydrogens is 490 g/mol. The van der Waals surface area contributed by atoms with Crippen LogP contribution in [0, 0.1) is 0 Å². The summed E-state index contributed by atoms with van der Waals surface area (Å²) < 4.78 is 18.8. The molecule has 1 N–H and O–H groups in total. The number of carbonyl (C=O) groups is 1. The van der Waals surface area contributed by atoms with Gasteiger partial charge >= 0.3 is 0 Å². The van der Waals surface area contributed by atoms with Gasteiger partial charge in [-0.3, -0.25) is 14.2 Å². The highest BCUT2D eigenvalue weighted by molar-refractivity contribution is 7.07. The van der Waals surface area contributed by atoms with Gasteiger partial charge in [-0.25, -0.2) is 4.99 Å². The molecule has 1 aliphatic heterocycles. The number of aromatic nitrogens is 2. The number of nitrogens with one attached hydrogen (secondary N) is 1. The molecule has 0 spiro atoms. The van der Waals surface area contributed by atoms with Crippen LogP contribution in [-0.2, 0) is 4.79 Å². The Morgan fingerprint density at radius 3 is 2.49 bits per heavy atom. The van der Waals surface area contributed by atoms with Crippen LogP contribution in [0.4, 0.5) is 0 Å². The van der Waals surface area contributed by atoms with Gasteiger partial charge in [0, 0.05) is 40.4 Å². The van der Waals surface area contributed by atoms with Crippen LogP contribution < -0.4 is 29.1 Å². The molecule has 37 heavy (non-hydrogen) atoms. The number of hydrogen-bond donors (Lipinski definition) is 1. The summed E-state index contributed by atoms with van der Waals surface area (Å²) in [6.45, 7) is 3.61. The minimum Gasteiger partial charge on any atom is -0.493 e. The van der Waals surface area contributed by atoms with E-state index in [1.165, 1.54) is 32.7 Å². The van der Waals surface area contributed by atoms with E-state index >= 15 is 0 Å². The topological polar surface area (TPSA) is 94.9 Å². The maximum atomic E-state index is 13.9. The number of H-pyrrole nitrogens is 1. The predicted molar refractivity (Wildman–Crippen MR) is 143 cm³/mol. The molecule has 9 heteroatoms. The van der Waals surface area contributed by atoms with Crippen LogP contribution in [0.1, 0.15) is 37.4 Å². The van der Waals surface area contributed by atoms with Crippen LogP contribution in [0.2, 0.25) is 0 Å². The maximum Gasteiger partial charge on any atom is 0.271 e. The number of rotatable bonds is 7. The molecule has 2 aromatic heterocycles. The zero-order valence-corrected chi connectivity index (χ0v) is 22.1. The van der Waals surface area contributed by atoms with Crippen LogP contribution in [0.3, 0.4) is 0 Å². The molecule has 0 saturated carbocycles. The van der Waals surface area contributed by atoms with Crippen molar-refractivity contribution < 1.29 is 19.0 Å². The van der Waals surface area contributed by atoms with E-state index in [0.29, 0.717) is 43.4 Å². The minimum atomic E-state index is -0.692. The van der Waals surface area contributed by atoms with Crippen molar-refractivity contribution in [3.63, 3.8) is 0 Å². The third kappa shape index (κ3) is 4.05. The Kier molecular flexibility index (Phi) is 6.47. The van der Waals surface area contributed by atoms with E-state index in [1.54, 1.807) is 23.6 Å². The Labute approximate surface area is 217 Å². The lowest BCUT2D eigenvalue weighted by atomic mass is 9.91. The van der Waals surface area contributed by atoms with Crippen molar-refractivity contribution in [1.29, 1.82) is 0 Å². The van der Waals surface area contributed by atoms with Crippen LogP contribution in [-0.4, -0.2) is 36.7 Å². The smallest absolute Gasteiger partial charge is 0.271 e. The zero-order valence-electron chi connectivity index (χ0n) is 21.2. The molecule has 0 aliphatic carbocycles. The Balaban J connectivity index is 1.79. The van der Waals surface area contributed by atoms with Crippen molar-refractivity contribution in [3.8, 4) is 17.2 Å². The molecule has 3 heterocycles. The third-order valence-corrected chi connectivity index (χ3v) is 7.54. The molecule has 0 fully saturated rings. The quantitative estimate of drug-likeness (QED) is 0.403. The molecule has 1 unspecified atom stereocenters. The SMILES string of the molecule is CCC(=O)C1=C(C)N=c2s/c(=C/c3c[nH]c4ccccc34)c(=O)n2C1c1cc(OC)c(OC)c(OC)c1. The summed E-state index contributed by atoms with van der Waals surface area (Å²) in [5.41, 5.74) is 3.41. The zero-order chi connectivity index (χ0) is 26.3. The summed E-state index contributed by atoms with van der Waals surface area (Å²) in [4.78, 5) is 35.6. The van der Waals surface area contributed by atoms with E-state index in [1.807, 2.05) is 43.5 Å². The first kappa shape index (κ1) is 24.6. The monoisotopic (exact) mass is 517 g/mol. The molecule has 5 rings (SSSR count). The highest BCUT2D eigenvalue weighted by Crippen LogP contribution is 2.42. The fourth-order valence-corrected chi connectivity index (χ4v) is 5.83. The van der Waals surface area contributed by atoms with E-state index in [0.717, 1.165) is 16.5 Å². The van der Waals surface area contributed by atoms with Crippen molar-refractivity contribution in [1.82, 2.24) is 9.55 Å². The number of Topliss-reactive ketones (excluding diaryl/α,β-unsaturated/α-hetero) is 1. The second-order valence-corrected chi connectivity index (χ2v) is 9.62. The number of ketones is 1. The Morgan fingerprint density at radius 1 is 1.14 bits per heavy atom. The summed E-state index contributed by atoms with van der Waals surface area (Å²) >= 11 is 1.30. The molecule has 2 aromatic carbocycles. The van der Waals surface area contributed by atoms with Crippen LogP contribution >= 0.6 is 11.3 Å². The summed E-state index contributed by atoms with van der Waals surface area (Å²) in [5, 5.41) is 1.02. The fourth-order valence-electron chi connectivity index (χ4n) is 4.80. The molecule has 1 aliphatic rings. The molecule has 0 saturated heterocycles. The average Bonchev–Trinajstić information content (AvgIpc) is 3.46. The number of allylic oxidation sites excluding steroid dienone is 2. The highest BCUT2D eigenvalue weighted by Gasteiger charge is 2.33. The Bertz CT molecular complexity index is 1720. The van der Waals surface area contributed by atoms with E-state index < -0.39 is 6.04 Å². The van der Waals surface area contributed by atoms with Gasteiger partial charge in [-0.1, -0.05) is 36.5 Å². The Morgan fingerprint density at radius 2 is 1.84 bits per heavy atom. The lowest BCUT2D eigenvalue weighted by Crippen LogP contribution is -2.39. The lowest BCUT2D eigenvalue weighted by Gasteiger charge is -2.26. The molecule has 0 radical (unpaired) electrons. The first-order valence-electron chi connectivity index (χ1n) is 11.8. The van der Waals surface area contributed by atoms with Gasteiger partial charge in [0.1, 0.15) is 0 Å². The van der Waals surface area contributed by atoms with Gasteiger partial charge in [-0.2, -0.15) is 0 Å². The first-order chi connectivity index (χ1) is 17.9. The maximum absolute atomic E-state index is 13.9. The van der Waals surface area contributed by atoms with E-state index in [-0.39, 0.29) is 17.8 Å². The summed E-state index contributed by atoms with van der Waals surface area (Å²) in [7, 11) is 4.60.